The second-order valence-electron chi connectivity index (χ2n) is 5.66. The SMILES string of the molecule is Nc1nnc(SCC(=O)N2c3ccccc3SC[C@@H]2c2ccccc2)s1. The molecule has 0 spiro atoms. The average Bonchev–Trinajstić information content (AvgIpc) is 3.11. The van der Waals surface area contributed by atoms with Crippen LogP contribution in [-0.4, -0.2) is 27.6 Å². The molecular weight excluding hydrogens is 384 g/mol. The Morgan fingerprint density at radius 2 is 1.92 bits per heavy atom. The second-order valence-corrected chi connectivity index (χ2v) is 8.96. The third-order valence-corrected chi connectivity index (χ3v) is 7.04. The van der Waals surface area contributed by atoms with Gasteiger partial charge in [0.25, 0.3) is 0 Å². The molecule has 5 nitrogen and oxygen atoms in total. The van der Waals surface area contributed by atoms with Crippen LogP contribution in [0.5, 0.6) is 0 Å². The second kappa shape index (κ2) is 7.69. The van der Waals surface area contributed by atoms with Gasteiger partial charge in [-0.15, -0.1) is 22.0 Å². The van der Waals surface area contributed by atoms with Crippen LogP contribution in [0.25, 0.3) is 0 Å². The Balaban J connectivity index is 1.62. The summed E-state index contributed by atoms with van der Waals surface area (Å²) in [7, 11) is 0. The summed E-state index contributed by atoms with van der Waals surface area (Å²) in [5, 5.41) is 8.21. The zero-order valence-corrected chi connectivity index (χ0v) is 16.2. The predicted octanol–water partition coefficient (Wildman–Crippen LogP) is 4.09. The first-order valence-corrected chi connectivity index (χ1v) is 10.8. The standard InChI is InChI=1S/C18H16N4OS3/c19-17-20-21-18(26-17)25-11-16(23)22-13-8-4-5-9-15(13)24-10-14(22)12-6-2-1-3-7-12/h1-9,14H,10-11H2,(H2,19,20)/t14-/m1/s1. The van der Waals surface area contributed by atoms with Gasteiger partial charge in [-0.05, 0) is 17.7 Å². The van der Waals surface area contributed by atoms with Crippen LogP contribution in [-0.2, 0) is 4.79 Å². The number of para-hydroxylation sites is 1. The monoisotopic (exact) mass is 400 g/mol. The average molecular weight is 401 g/mol. The summed E-state index contributed by atoms with van der Waals surface area (Å²) in [5.74, 6) is 1.20. The van der Waals surface area contributed by atoms with E-state index in [0.29, 0.717) is 15.2 Å². The van der Waals surface area contributed by atoms with Crippen molar-refractivity contribution in [2.24, 2.45) is 0 Å². The molecule has 0 fully saturated rings. The first-order chi connectivity index (χ1) is 12.7. The summed E-state index contributed by atoms with van der Waals surface area (Å²) < 4.78 is 0.715. The number of thioether (sulfide) groups is 2. The number of aromatic nitrogens is 2. The summed E-state index contributed by atoms with van der Waals surface area (Å²) in [6.07, 6.45) is 0. The van der Waals surface area contributed by atoms with E-state index in [-0.39, 0.29) is 11.9 Å². The first kappa shape index (κ1) is 17.4. The number of carbonyl (C=O) groups is 1. The number of benzene rings is 2. The molecular formula is C18H16N4OS3. The Morgan fingerprint density at radius 3 is 2.69 bits per heavy atom. The fourth-order valence-electron chi connectivity index (χ4n) is 2.89. The van der Waals surface area contributed by atoms with Crippen molar-refractivity contribution in [1.82, 2.24) is 10.2 Å². The Bertz CT molecular complexity index is 916. The molecule has 2 heterocycles. The van der Waals surface area contributed by atoms with Crippen LogP contribution in [0.15, 0.2) is 63.8 Å². The van der Waals surface area contributed by atoms with Crippen molar-refractivity contribution in [2.75, 3.05) is 22.1 Å². The number of fused-ring (bicyclic) bond motifs is 1. The number of hydrogen-bond donors (Lipinski definition) is 1. The van der Waals surface area contributed by atoms with E-state index in [2.05, 4.69) is 28.4 Å². The van der Waals surface area contributed by atoms with Crippen LogP contribution in [0.2, 0.25) is 0 Å². The third-order valence-electron chi connectivity index (χ3n) is 4.03. The van der Waals surface area contributed by atoms with Crippen LogP contribution < -0.4 is 10.6 Å². The van der Waals surface area contributed by atoms with E-state index < -0.39 is 0 Å². The van der Waals surface area contributed by atoms with Gasteiger partial charge in [0.05, 0.1) is 17.5 Å². The summed E-state index contributed by atoms with van der Waals surface area (Å²) in [6.45, 7) is 0. The molecule has 1 aliphatic heterocycles. The number of rotatable bonds is 4. The maximum atomic E-state index is 13.1. The van der Waals surface area contributed by atoms with Crippen molar-refractivity contribution in [3.05, 3.63) is 60.2 Å². The van der Waals surface area contributed by atoms with Gasteiger partial charge in [-0.2, -0.15) is 0 Å². The highest BCUT2D eigenvalue weighted by Gasteiger charge is 2.32. The van der Waals surface area contributed by atoms with E-state index in [1.54, 1.807) is 11.8 Å². The topological polar surface area (TPSA) is 72.1 Å². The van der Waals surface area contributed by atoms with E-state index in [0.717, 1.165) is 21.9 Å². The molecule has 0 saturated carbocycles. The molecule has 132 valence electrons. The van der Waals surface area contributed by atoms with Crippen molar-refractivity contribution in [3.63, 3.8) is 0 Å². The van der Waals surface area contributed by atoms with Gasteiger partial charge in [-0.25, -0.2) is 0 Å². The summed E-state index contributed by atoms with van der Waals surface area (Å²) in [6, 6.07) is 18.3. The van der Waals surface area contributed by atoms with Crippen LogP contribution in [0, 0.1) is 0 Å². The van der Waals surface area contributed by atoms with E-state index in [9.17, 15) is 4.79 Å². The molecule has 1 aliphatic rings. The fourth-order valence-corrected chi connectivity index (χ4v) is 5.55. The number of carbonyl (C=O) groups excluding carboxylic acids is 1. The van der Waals surface area contributed by atoms with Gasteiger partial charge >= 0.3 is 0 Å². The number of anilines is 2. The molecule has 1 atom stereocenters. The minimum Gasteiger partial charge on any atom is -0.374 e. The molecule has 1 amide bonds. The summed E-state index contributed by atoms with van der Waals surface area (Å²) in [5.41, 5.74) is 7.74. The summed E-state index contributed by atoms with van der Waals surface area (Å²) in [4.78, 5) is 16.2. The Labute approximate surface area is 164 Å². The Morgan fingerprint density at radius 1 is 1.15 bits per heavy atom. The van der Waals surface area contributed by atoms with Crippen LogP contribution in [0.3, 0.4) is 0 Å². The van der Waals surface area contributed by atoms with Gasteiger partial charge in [0, 0.05) is 10.6 Å². The Hall–Kier alpha value is -2.03. The molecule has 0 aliphatic carbocycles. The minimum atomic E-state index is 0.0173. The number of nitrogens with zero attached hydrogens (tertiary/aromatic N) is 3. The number of nitrogens with two attached hydrogens (primary N) is 1. The molecule has 3 aromatic rings. The third kappa shape index (κ3) is 3.58. The van der Waals surface area contributed by atoms with Crippen molar-refractivity contribution in [1.29, 1.82) is 0 Å². The van der Waals surface area contributed by atoms with Crippen molar-refractivity contribution >= 4 is 51.6 Å². The molecule has 2 aromatic carbocycles. The van der Waals surface area contributed by atoms with Gasteiger partial charge in [0.1, 0.15) is 0 Å². The van der Waals surface area contributed by atoms with Crippen molar-refractivity contribution < 1.29 is 4.79 Å². The van der Waals surface area contributed by atoms with Gasteiger partial charge in [-0.1, -0.05) is 65.6 Å². The largest absolute Gasteiger partial charge is 0.374 e. The minimum absolute atomic E-state index is 0.0173. The molecule has 4 rings (SSSR count). The van der Waals surface area contributed by atoms with Crippen molar-refractivity contribution in [2.45, 2.75) is 15.3 Å². The van der Waals surface area contributed by atoms with Gasteiger partial charge in [0.2, 0.25) is 11.0 Å². The van der Waals surface area contributed by atoms with E-state index in [1.807, 2.05) is 41.3 Å². The lowest BCUT2D eigenvalue weighted by Crippen LogP contribution is -2.39. The molecule has 2 N–H and O–H groups in total. The van der Waals surface area contributed by atoms with E-state index in [1.165, 1.54) is 23.1 Å². The lowest BCUT2D eigenvalue weighted by molar-refractivity contribution is -0.116. The van der Waals surface area contributed by atoms with E-state index >= 15 is 0 Å². The Kier molecular flexibility index (Phi) is 5.14. The molecule has 0 saturated heterocycles. The zero-order chi connectivity index (χ0) is 17.9. The molecule has 26 heavy (non-hydrogen) atoms. The number of hydrogen-bond acceptors (Lipinski definition) is 7. The molecule has 0 unspecified atom stereocenters. The molecule has 0 radical (unpaired) electrons. The lowest BCUT2D eigenvalue weighted by Gasteiger charge is -2.37. The van der Waals surface area contributed by atoms with Crippen LogP contribution in [0.1, 0.15) is 11.6 Å². The van der Waals surface area contributed by atoms with Gasteiger partial charge in [-0.3, -0.25) is 4.79 Å². The summed E-state index contributed by atoms with van der Waals surface area (Å²) >= 11 is 4.48. The predicted molar refractivity (Wildman–Crippen MR) is 109 cm³/mol. The maximum absolute atomic E-state index is 13.1. The van der Waals surface area contributed by atoms with Crippen LogP contribution >= 0.6 is 34.9 Å². The van der Waals surface area contributed by atoms with Gasteiger partial charge < -0.3 is 10.6 Å². The van der Waals surface area contributed by atoms with Crippen molar-refractivity contribution in [3.8, 4) is 0 Å². The smallest absolute Gasteiger partial charge is 0.238 e. The molecule has 1 aromatic heterocycles. The molecule has 8 heteroatoms. The zero-order valence-electron chi connectivity index (χ0n) is 13.7. The van der Waals surface area contributed by atoms with Gasteiger partial charge in [0.15, 0.2) is 4.34 Å². The number of nitrogen functional groups attached to an aromatic ring is 1. The number of amides is 1. The first-order valence-electron chi connectivity index (χ1n) is 8.03. The molecule has 0 bridgehead atoms. The maximum Gasteiger partial charge on any atom is 0.238 e. The highest BCUT2D eigenvalue weighted by atomic mass is 32.2. The lowest BCUT2D eigenvalue weighted by atomic mass is 10.1. The highest BCUT2D eigenvalue weighted by Crippen LogP contribution is 2.43. The quantitative estimate of drug-likeness (QED) is 0.665. The highest BCUT2D eigenvalue weighted by molar-refractivity contribution is 8.01. The van der Waals surface area contributed by atoms with Crippen LogP contribution in [0.4, 0.5) is 10.8 Å². The fraction of sp³-hybridized carbons (Fsp3) is 0.167. The van der Waals surface area contributed by atoms with E-state index in [4.69, 9.17) is 5.73 Å². The normalized spacial score (nSPS) is 16.3.